The largest absolute Gasteiger partial charge is 0.491 e. The van der Waals surface area contributed by atoms with Gasteiger partial charge in [-0.1, -0.05) is 44.2 Å². The molecule has 5 heteroatoms. The fraction of sp³-hybridized carbons (Fsp3) is 0.345. The van der Waals surface area contributed by atoms with Crippen molar-refractivity contribution in [1.82, 2.24) is 9.55 Å². The van der Waals surface area contributed by atoms with Crippen LogP contribution in [-0.2, 0) is 13.2 Å². The van der Waals surface area contributed by atoms with E-state index in [9.17, 15) is 5.11 Å². The summed E-state index contributed by atoms with van der Waals surface area (Å²) in [7, 11) is 0. The molecular formula is C29H34N2O3. The van der Waals surface area contributed by atoms with E-state index in [1.54, 1.807) is 0 Å². The molecule has 0 aliphatic heterocycles. The molecule has 178 valence electrons. The number of aryl methyl sites for hydroxylation is 3. The van der Waals surface area contributed by atoms with E-state index in [4.69, 9.17) is 14.5 Å². The number of imidazole rings is 1. The highest BCUT2D eigenvalue weighted by Gasteiger charge is 2.16. The number of nitrogens with zero attached hydrogens (tertiary/aromatic N) is 2. The van der Waals surface area contributed by atoms with E-state index in [1.807, 2.05) is 60.9 Å². The van der Waals surface area contributed by atoms with Crippen molar-refractivity contribution >= 4 is 11.0 Å². The first-order valence-electron chi connectivity index (χ1n) is 11.9. The Morgan fingerprint density at radius 1 is 0.912 bits per heavy atom. The Morgan fingerprint density at radius 3 is 2.47 bits per heavy atom. The first-order chi connectivity index (χ1) is 16.3. The number of hydrogen-bond donors (Lipinski definition) is 1. The SMILES string of the molecule is Cc1ccc(C)c(OCC(O)Cn2c(COc3ccc(C(C)C)c(C)c3)nc3ccccc32)c1. The first kappa shape index (κ1) is 23.8. The van der Waals surface area contributed by atoms with Crippen molar-refractivity contribution in [2.75, 3.05) is 6.61 Å². The van der Waals surface area contributed by atoms with Crippen LogP contribution in [0.15, 0.2) is 60.7 Å². The Hall–Kier alpha value is -3.31. The van der Waals surface area contributed by atoms with Gasteiger partial charge >= 0.3 is 0 Å². The highest BCUT2D eigenvalue weighted by atomic mass is 16.5. The zero-order valence-corrected chi connectivity index (χ0v) is 20.7. The zero-order valence-electron chi connectivity index (χ0n) is 20.7. The van der Waals surface area contributed by atoms with Gasteiger partial charge in [0.25, 0.3) is 0 Å². The third-order valence-electron chi connectivity index (χ3n) is 6.13. The molecule has 0 radical (unpaired) electrons. The number of fused-ring (bicyclic) bond motifs is 1. The number of aromatic nitrogens is 2. The highest BCUT2D eigenvalue weighted by molar-refractivity contribution is 5.75. The summed E-state index contributed by atoms with van der Waals surface area (Å²) in [5.41, 5.74) is 6.59. The quantitative estimate of drug-likeness (QED) is 0.329. The second-order valence-electron chi connectivity index (χ2n) is 9.32. The molecule has 1 N–H and O–H groups in total. The van der Waals surface area contributed by atoms with Crippen LogP contribution in [0.1, 0.15) is 47.8 Å². The number of ether oxygens (including phenoxy) is 2. The maximum absolute atomic E-state index is 10.8. The van der Waals surface area contributed by atoms with Gasteiger partial charge in [-0.05, 0) is 79.3 Å². The van der Waals surface area contributed by atoms with Crippen LogP contribution in [0.5, 0.6) is 11.5 Å². The third-order valence-corrected chi connectivity index (χ3v) is 6.13. The van der Waals surface area contributed by atoms with E-state index in [1.165, 1.54) is 11.1 Å². The van der Waals surface area contributed by atoms with Crippen molar-refractivity contribution in [2.24, 2.45) is 0 Å². The van der Waals surface area contributed by atoms with Crippen molar-refractivity contribution in [3.63, 3.8) is 0 Å². The summed E-state index contributed by atoms with van der Waals surface area (Å²) in [5.74, 6) is 2.88. The van der Waals surface area contributed by atoms with Gasteiger partial charge in [0.15, 0.2) is 0 Å². The van der Waals surface area contributed by atoms with Crippen molar-refractivity contribution in [1.29, 1.82) is 0 Å². The van der Waals surface area contributed by atoms with E-state index in [-0.39, 0.29) is 6.61 Å². The Kier molecular flexibility index (Phi) is 7.23. The van der Waals surface area contributed by atoms with Crippen LogP contribution in [0.3, 0.4) is 0 Å². The maximum atomic E-state index is 10.8. The van der Waals surface area contributed by atoms with E-state index >= 15 is 0 Å². The normalized spacial score (nSPS) is 12.3. The van der Waals surface area contributed by atoms with E-state index in [0.717, 1.165) is 39.5 Å². The van der Waals surface area contributed by atoms with Crippen LogP contribution in [0.25, 0.3) is 11.0 Å². The molecule has 1 atom stereocenters. The predicted octanol–water partition coefficient (Wildman–Crippen LogP) is 6.10. The van der Waals surface area contributed by atoms with Crippen LogP contribution >= 0.6 is 0 Å². The molecule has 0 amide bonds. The van der Waals surface area contributed by atoms with Gasteiger partial charge in [-0.25, -0.2) is 4.98 Å². The number of para-hydroxylation sites is 2. The van der Waals surface area contributed by atoms with Gasteiger partial charge in [-0.15, -0.1) is 0 Å². The third kappa shape index (κ3) is 5.42. The Bertz CT molecular complexity index is 1280. The Labute approximate surface area is 202 Å². The topological polar surface area (TPSA) is 56.5 Å². The van der Waals surface area contributed by atoms with Crippen LogP contribution in [0, 0.1) is 20.8 Å². The molecule has 1 heterocycles. The average Bonchev–Trinajstić information content (AvgIpc) is 3.15. The van der Waals surface area contributed by atoms with Crippen molar-refractivity contribution < 1.29 is 14.6 Å². The highest BCUT2D eigenvalue weighted by Crippen LogP contribution is 2.25. The number of aliphatic hydroxyl groups excluding tert-OH is 1. The second kappa shape index (κ2) is 10.3. The molecule has 5 nitrogen and oxygen atoms in total. The molecule has 0 spiro atoms. The van der Waals surface area contributed by atoms with E-state index in [0.29, 0.717) is 19.1 Å². The first-order valence-corrected chi connectivity index (χ1v) is 11.9. The summed E-state index contributed by atoms with van der Waals surface area (Å²) in [6.45, 7) is 11.4. The van der Waals surface area contributed by atoms with Gasteiger partial charge in [0.2, 0.25) is 0 Å². The molecule has 0 saturated carbocycles. The summed E-state index contributed by atoms with van der Waals surface area (Å²) in [5, 5.41) is 10.8. The zero-order chi connectivity index (χ0) is 24.2. The van der Waals surface area contributed by atoms with Crippen LogP contribution in [0.2, 0.25) is 0 Å². The number of hydrogen-bond acceptors (Lipinski definition) is 4. The lowest BCUT2D eigenvalue weighted by atomic mass is 9.98. The predicted molar refractivity (Wildman–Crippen MR) is 137 cm³/mol. The number of rotatable bonds is 9. The van der Waals surface area contributed by atoms with Crippen LogP contribution in [-0.4, -0.2) is 27.4 Å². The molecule has 0 aliphatic rings. The van der Waals surface area contributed by atoms with Gasteiger partial charge in [0.1, 0.15) is 36.6 Å². The van der Waals surface area contributed by atoms with Crippen molar-refractivity contribution in [2.45, 2.75) is 59.8 Å². The molecular weight excluding hydrogens is 424 g/mol. The van der Waals surface area contributed by atoms with Crippen LogP contribution in [0.4, 0.5) is 0 Å². The molecule has 4 rings (SSSR count). The van der Waals surface area contributed by atoms with Gasteiger partial charge in [-0.2, -0.15) is 0 Å². The molecule has 0 saturated heterocycles. The lowest BCUT2D eigenvalue weighted by Crippen LogP contribution is -2.25. The summed E-state index contributed by atoms with van der Waals surface area (Å²) >= 11 is 0. The smallest absolute Gasteiger partial charge is 0.148 e. The second-order valence-corrected chi connectivity index (χ2v) is 9.32. The monoisotopic (exact) mass is 458 g/mol. The van der Waals surface area contributed by atoms with Gasteiger partial charge in [0, 0.05) is 0 Å². The summed E-state index contributed by atoms with van der Waals surface area (Å²) < 4.78 is 14.1. The van der Waals surface area contributed by atoms with Crippen molar-refractivity contribution in [3.05, 3.63) is 88.7 Å². The van der Waals surface area contributed by atoms with E-state index in [2.05, 4.69) is 39.0 Å². The minimum absolute atomic E-state index is 0.201. The number of aliphatic hydroxyl groups is 1. The lowest BCUT2D eigenvalue weighted by Gasteiger charge is -2.17. The molecule has 0 aliphatic carbocycles. The number of benzene rings is 3. The molecule has 1 aromatic heterocycles. The maximum Gasteiger partial charge on any atom is 0.148 e. The minimum Gasteiger partial charge on any atom is -0.491 e. The summed E-state index contributed by atoms with van der Waals surface area (Å²) in [6, 6.07) is 20.3. The molecule has 1 unspecified atom stereocenters. The van der Waals surface area contributed by atoms with Gasteiger partial charge < -0.3 is 19.1 Å². The fourth-order valence-corrected chi connectivity index (χ4v) is 4.29. The molecule has 34 heavy (non-hydrogen) atoms. The van der Waals surface area contributed by atoms with Crippen LogP contribution < -0.4 is 9.47 Å². The summed E-state index contributed by atoms with van der Waals surface area (Å²) in [6.07, 6.45) is -0.691. The Morgan fingerprint density at radius 2 is 1.71 bits per heavy atom. The molecule has 4 aromatic rings. The van der Waals surface area contributed by atoms with Crippen molar-refractivity contribution in [3.8, 4) is 11.5 Å². The Balaban J connectivity index is 1.49. The standard InChI is InChI=1S/C29H34N2O3/c1-19(2)25-13-12-24(15-22(25)5)33-18-29-30-26-8-6-7-9-27(26)31(29)16-23(32)17-34-28-14-20(3)10-11-21(28)4/h6-15,19,23,32H,16-18H2,1-5H3. The molecule has 0 bridgehead atoms. The van der Waals surface area contributed by atoms with Gasteiger partial charge in [-0.3, -0.25) is 0 Å². The minimum atomic E-state index is -0.691. The van der Waals surface area contributed by atoms with Gasteiger partial charge in [0.05, 0.1) is 17.6 Å². The fourth-order valence-electron chi connectivity index (χ4n) is 4.29. The molecule has 3 aromatic carbocycles. The van der Waals surface area contributed by atoms with E-state index < -0.39 is 6.10 Å². The average molecular weight is 459 g/mol. The molecule has 0 fully saturated rings. The lowest BCUT2D eigenvalue weighted by molar-refractivity contribution is 0.0914. The summed E-state index contributed by atoms with van der Waals surface area (Å²) in [4.78, 5) is 4.78.